The molecule has 0 radical (unpaired) electrons. The molecule has 110 valence electrons. The molecule has 0 aliphatic carbocycles. The van der Waals surface area contributed by atoms with Crippen LogP contribution in [0, 0.1) is 6.92 Å². The van der Waals surface area contributed by atoms with Gasteiger partial charge < -0.3 is 15.0 Å². The molecule has 0 amide bonds. The molecule has 21 heavy (non-hydrogen) atoms. The lowest BCUT2D eigenvalue weighted by Crippen LogP contribution is -2.11. The Balaban J connectivity index is 1.93. The van der Waals surface area contributed by atoms with Gasteiger partial charge in [-0.3, -0.25) is 0 Å². The summed E-state index contributed by atoms with van der Waals surface area (Å²) in [7, 11) is 0. The predicted octanol–water partition coefficient (Wildman–Crippen LogP) is 3.10. The first-order valence-corrected chi connectivity index (χ1v) is 7.81. The summed E-state index contributed by atoms with van der Waals surface area (Å²) in [4.78, 5) is 13.5. The van der Waals surface area contributed by atoms with Gasteiger partial charge in [0.05, 0.1) is 12.2 Å². The molecule has 3 rings (SSSR count). The monoisotopic (exact) mass is 302 g/mol. The molecule has 0 spiro atoms. The average Bonchev–Trinajstić information content (AvgIpc) is 3.07. The summed E-state index contributed by atoms with van der Waals surface area (Å²) in [6.07, 6.45) is 5.63. The highest BCUT2D eigenvalue weighted by molar-refractivity contribution is 7.09. The van der Waals surface area contributed by atoms with Crippen molar-refractivity contribution < 1.29 is 0 Å². The van der Waals surface area contributed by atoms with Crippen LogP contribution in [0.4, 0.5) is 11.6 Å². The number of aryl methyl sites for hydroxylation is 1. The van der Waals surface area contributed by atoms with Crippen molar-refractivity contribution in [2.24, 2.45) is 0 Å². The summed E-state index contributed by atoms with van der Waals surface area (Å²) >= 11 is 1.65. The van der Waals surface area contributed by atoms with E-state index in [0.717, 1.165) is 34.5 Å². The molecule has 6 nitrogen and oxygen atoms in total. The molecule has 0 saturated carbocycles. The molecule has 0 fully saturated rings. The number of nitrogens with one attached hydrogen (secondary N) is 2. The molecule has 1 unspecified atom stereocenters. The van der Waals surface area contributed by atoms with E-state index in [1.807, 2.05) is 30.6 Å². The quantitative estimate of drug-likeness (QED) is 0.758. The Bertz CT molecular complexity index is 747. The molecule has 0 aliphatic rings. The Hall–Kier alpha value is -2.15. The largest absolute Gasteiger partial charge is 0.369 e. The number of nitrogens with zero attached hydrogens (tertiary/aromatic N) is 4. The first-order valence-electron chi connectivity index (χ1n) is 6.93. The second-order valence-electron chi connectivity index (χ2n) is 4.86. The first kappa shape index (κ1) is 13.8. The van der Waals surface area contributed by atoms with E-state index in [1.165, 1.54) is 0 Å². The third-order valence-corrected chi connectivity index (χ3v) is 4.24. The molecule has 3 heterocycles. The number of anilines is 2. The zero-order valence-electron chi connectivity index (χ0n) is 12.3. The predicted molar refractivity (Wildman–Crippen MR) is 86.0 cm³/mol. The number of hydrogen-bond donors (Lipinski definition) is 2. The van der Waals surface area contributed by atoms with E-state index in [2.05, 4.69) is 37.9 Å². The van der Waals surface area contributed by atoms with Crippen LogP contribution in [0.25, 0.3) is 5.65 Å². The van der Waals surface area contributed by atoms with E-state index in [9.17, 15) is 0 Å². The second kappa shape index (κ2) is 5.69. The van der Waals surface area contributed by atoms with Crippen LogP contribution < -0.4 is 10.6 Å². The summed E-state index contributed by atoms with van der Waals surface area (Å²) in [5, 5.41) is 9.75. The van der Waals surface area contributed by atoms with Crippen molar-refractivity contribution in [3.05, 3.63) is 34.7 Å². The Morgan fingerprint density at radius 3 is 2.95 bits per heavy atom. The molecule has 7 heteroatoms. The molecule has 3 aromatic heterocycles. The maximum atomic E-state index is 4.61. The van der Waals surface area contributed by atoms with Crippen LogP contribution in [0.2, 0.25) is 0 Å². The maximum Gasteiger partial charge on any atom is 0.180 e. The fraction of sp³-hybridized carbons (Fsp3) is 0.357. The summed E-state index contributed by atoms with van der Waals surface area (Å²) in [6.45, 7) is 6.96. The van der Waals surface area contributed by atoms with Gasteiger partial charge in [-0.05, 0) is 20.8 Å². The van der Waals surface area contributed by atoms with Crippen molar-refractivity contribution in [2.45, 2.75) is 26.8 Å². The summed E-state index contributed by atoms with van der Waals surface area (Å²) < 4.78 is 1.97. The van der Waals surface area contributed by atoms with Crippen LogP contribution in [0.5, 0.6) is 0 Å². The fourth-order valence-electron chi connectivity index (χ4n) is 2.13. The summed E-state index contributed by atoms with van der Waals surface area (Å²) in [6, 6.07) is 0.0913. The van der Waals surface area contributed by atoms with Gasteiger partial charge in [0.1, 0.15) is 10.8 Å². The number of thiazole rings is 1. The van der Waals surface area contributed by atoms with E-state index in [-0.39, 0.29) is 6.04 Å². The summed E-state index contributed by atoms with van der Waals surface area (Å²) in [5.74, 6) is 1.59. The van der Waals surface area contributed by atoms with Crippen LogP contribution in [-0.2, 0) is 0 Å². The van der Waals surface area contributed by atoms with Crippen molar-refractivity contribution >= 4 is 28.6 Å². The maximum absolute atomic E-state index is 4.61. The number of aromatic nitrogens is 4. The van der Waals surface area contributed by atoms with Crippen molar-refractivity contribution in [2.75, 3.05) is 17.2 Å². The zero-order chi connectivity index (χ0) is 14.8. The minimum atomic E-state index is 0.0913. The zero-order valence-corrected chi connectivity index (χ0v) is 13.1. The van der Waals surface area contributed by atoms with Gasteiger partial charge in [0.2, 0.25) is 0 Å². The van der Waals surface area contributed by atoms with E-state index >= 15 is 0 Å². The van der Waals surface area contributed by atoms with Crippen molar-refractivity contribution in [3.63, 3.8) is 0 Å². The van der Waals surface area contributed by atoms with Crippen LogP contribution in [0.15, 0.2) is 24.0 Å². The highest BCUT2D eigenvalue weighted by Gasteiger charge is 2.14. The highest BCUT2D eigenvalue weighted by Crippen LogP contribution is 2.24. The first-order chi connectivity index (χ1) is 10.2. The van der Waals surface area contributed by atoms with E-state index < -0.39 is 0 Å². The molecule has 0 bridgehead atoms. The molecule has 2 N–H and O–H groups in total. The van der Waals surface area contributed by atoms with Gasteiger partial charge in [-0.15, -0.1) is 11.3 Å². The normalized spacial score (nSPS) is 12.5. The molecule has 3 aromatic rings. The minimum Gasteiger partial charge on any atom is -0.369 e. The fourth-order valence-corrected chi connectivity index (χ4v) is 2.94. The van der Waals surface area contributed by atoms with Crippen LogP contribution in [0.1, 0.15) is 30.6 Å². The van der Waals surface area contributed by atoms with Gasteiger partial charge in [-0.25, -0.2) is 15.0 Å². The number of rotatable bonds is 5. The lowest BCUT2D eigenvalue weighted by atomic mass is 10.3. The van der Waals surface area contributed by atoms with Crippen LogP contribution >= 0.6 is 11.3 Å². The van der Waals surface area contributed by atoms with Crippen molar-refractivity contribution in [1.82, 2.24) is 19.4 Å². The standard InChI is InChI=1S/C14H18N6S/c1-4-15-11-7-20-6-5-16-13(20)12(19-11)18-10(3)14-17-9(2)8-21-14/h5-8,10,15H,4H2,1-3H3,(H,18,19). The second-order valence-corrected chi connectivity index (χ2v) is 5.75. The molecule has 0 aromatic carbocycles. The Kier molecular flexibility index (Phi) is 3.74. The van der Waals surface area contributed by atoms with Crippen LogP contribution in [0.3, 0.4) is 0 Å². The van der Waals surface area contributed by atoms with E-state index in [4.69, 9.17) is 0 Å². The Morgan fingerprint density at radius 2 is 2.24 bits per heavy atom. The van der Waals surface area contributed by atoms with Gasteiger partial charge in [0.25, 0.3) is 0 Å². The number of imidazole rings is 1. The number of hydrogen-bond acceptors (Lipinski definition) is 6. The molecular formula is C14H18N6S. The average molecular weight is 302 g/mol. The highest BCUT2D eigenvalue weighted by atomic mass is 32.1. The topological polar surface area (TPSA) is 67.1 Å². The van der Waals surface area contributed by atoms with Gasteiger partial charge in [-0.2, -0.15) is 0 Å². The SMILES string of the molecule is CCNc1cn2ccnc2c(NC(C)c2nc(C)cs2)n1. The Labute approximate surface area is 127 Å². The third kappa shape index (κ3) is 2.82. The third-order valence-electron chi connectivity index (χ3n) is 3.09. The molecule has 0 aliphatic heterocycles. The molecule has 0 saturated heterocycles. The Morgan fingerprint density at radius 1 is 1.38 bits per heavy atom. The van der Waals surface area contributed by atoms with Gasteiger partial charge in [-0.1, -0.05) is 0 Å². The molecular weight excluding hydrogens is 284 g/mol. The van der Waals surface area contributed by atoms with Gasteiger partial charge in [0, 0.05) is 30.0 Å². The van der Waals surface area contributed by atoms with Gasteiger partial charge in [0.15, 0.2) is 11.5 Å². The van der Waals surface area contributed by atoms with Crippen molar-refractivity contribution in [1.29, 1.82) is 0 Å². The van der Waals surface area contributed by atoms with Gasteiger partial charge >= 0.3 is 0 Å². The van der Waals surface area contributed by atoms with Crippen molar-refractivity contribution in [3.8, 4) is 0 Å². The smallest absolute Gasteiger partial charge is 0.180 e. The summed E-state index contributed by atoms with van der Waals surface area (Å²) in [5.41, 5.74) is 1.86. The lowest BCUT2D eigenvalue weighted by Gasteiger charge is -2.14. The van der Waals surface area contributed by atoms with Crippen LogP contribution in [-0.4, -0.2) is 25.9 Å². The minimum absolute atomic E-state index is 0.0913. The number of fused-ring (bicyclic) bond motifs is 1. The molecule has 1 atom stereocenters. The van der Waals surface area contributed by atoms with E-state index in [0.29, 0.717) is 0 Å². The van der Waals surface area contributed by atoms with E-state index in [1.54, 1.807) is 17.5 Å². The lowest BCUT2D eigenvalue weighted by molar-refractivity contribution is 0.854.